The SMILES string of the molecule is Cc1ncc(-c2cc(C(F)(F)F)c3c(N)ncnn23)cc1C(=O)N[C@@H]1CN(C(=O)OC(C)(C)C)C[C@@H]1F. The number of ether oxygens (including phenoxy) is 1. The van der Waals surface area contributed by atoms with Gasteiger partial charge in [0.05, 0.1) is 35.1 Å². The standard InChI is InChI=1S/C23H25F4N7O3/c1-11-13(20(35)32-16-9-33(8-15(16)24)21(36)37-22(2,3)4)5-12(7-29-11)17-6-14(23(25,26)27)18-19(28)30-10-31-34(17)18/h5-7,10,15-16H,8-9H2,1-4H3,(H,32,35)(H2,28,30,31)/t15-,16+/m0/s1. The Morgan fingerprint density at radius 2 is 1.86 bits per heavy atom. The van der Waals surface area contributed by atoms with E-state index in [0.717, 1.165) is 21.8 Å². The predicted molar refractivity (Wildman–Crippen MR) is 124 cm³/mol. The molecule has 14 heteroatoms. The van der Waals surface area contributed by atoms with Gasteiger partial charge in [-0.1, -0.05) is 0 Å². The van der Waals surface area contributed by atoms with Crippen LogP contribution in [0.15, 0.2) is 24.7 Å². The average molecular weight is 523 g/mol. The normalized spacial score (nSPS) is 18.3. The largest absolute Gasteiger partial charge is 0.444 e. The zero-order chi connectivity index (χ0) is 27.3. The number of nitrogens with two attached hydrogens (primary N) is 1. The Kier molecular flexibility index (Phi) is 6.46. The van der Waals surface area contributed by atoms with Crippen molar-refractivity contribution >= 4 is 23.3 Å². The maximum Gasteiger partial charge on any atom is 0.418 e. The van der Waals surface area contributed by atoms with Gasteiger partial charge in [-0.05, 0) is 39.8 Å². The zero-order valence-electron chi connectivity index (χ0n) is 20.4. The Bertz CT molecular complexity index is 1370. The third-order valence-corrected chi connectivity index (χ3v) is 5.73. The Morgan fingerprint density at radius 3 is 2.51 bits per heavy atom. The number of nitrogens with zero attached hydrogens (tertiary/aromatic N) is 5. The maximum atomic E-state index is 14.7. The topological polar surface area (TPSA) is 128 Å². The second-order valence-electron chi connectivity index (χ2n) is 9.68. The quantitative estimate of drug-likeness (QED) is 0.504. The summed E-state index contributed by atoms with van der Waals surface area (Å²) < 4.78 is 61.9. The van der Waals surface area contributed by atoms with E-state index in [1.165, 1.54) is 19.2 Å². The van der Waals surface area contributed by atoms with Crippen molar-refractivity contribution in [2.24, 2.45) is 0 Å². The van der Waals surface area contributed by atoms with Crippen LogP contribution in [0.25, 0.3) is 16.8 Å². The molecule has 3 aromatic heterocycles. The molecule has 1 saturated heterocycles. The highest BCUT2D eigenvalue weighted by molar-refractivity contribution is 5.96. The number of nitrogen functional groups attached to an aromatic ring is 1. The number of anilines is 1. The van der Waals surface area contributed by atoms with Crippen LogP contribution >= 0.6 is 0 Å². The first kappa shape index (κ1) is 26.1. The number of alkyl halides is 4. The summed E-state index contributed by atoms with van der Waals surface area (Å²) in [7, 11) is 0. The van der Waals surface area contributed by atoms with Crippen LogP contribution < -0.4 is 11.1 Å². The number of carbonyl (C=O) groups is 2. The lowest BCUT2D eigenvalue weighted by atomic mass is 10.1. The van der Waals surface area contributed by atoms with Gasteiger partial charge in [0.15, 0.2) is 5.82 Å². The number of aromatic nitrogens is 4. The van der Waals surface area contributed by atoms with Gasteiger partial charge in [-0.3, -0.25) is 9.78 Å². The van der Waals surface area contributed by atoms with Gasteiger partial charge in [-0.2, -0.15) is 18.3 Å². The number of likely N-dealkylation sites (tertiary alicyclic amines) is 1. The number of nitrogens with one attached hydrogen (secondary N) is 1. The maximum absolute atomic E-state index is 14.7. The molecule has 1 aliphatic heterocycles. The molecule has 0 spiro atoms. The van der Waals surface area contributed by atoms with Crippen LogP contribution in [0.1, 0.15) is 42.4 Å². The van der Waals surface area contributed by atoms with Crippen molar-refractivity contribution in [1.82, 2.24) is 29.8 Å². The fourth-order valence-corrected chi connectivity index (χ4v) is 4.01. The molecule has 1 fully saturated rings. The Labute approximate surface area is 208 Å². The fourth-order valence-electron chi connectivity index (χ4n) is 4.01. The van der Waals surface area contributed by atoms with E-state index in [-0.39, 0.29) is 41.4 Å². The molecular weight excluding hydrogens is 498 g/mol. The van der Waals surface area contributed by atoms with Crippen LogP contribution in [0.2, 0.25) is 0 Å². The van der Waals surface area contributed by atoms with Gasteiger partial charge in [-0.15, -0.1) is 0 Å². The van der Waals surface area contributed by atoms with Crippen molar-refractivity contribution in [3.8, 4) is 11.3 Å². The summed E-state index contributed by atoms with van der Waals surface area (Å²) in [5, 5.41) is 6.44. The van der Waals surface area contributed by atoms with Crippen molar-refractivity contribution < 1.29 is 31.9 Å². The minimum absolute atomic E-state index is 0.0155. The van der Waals surface area contributed by atoms with Crippen molar-refractivity contribution in [2.45, 2.75) is 51.7 Å². The molecule has 3 N–H and O–H groups in total. The lowest BCUT2D eigenvalue weighted by Gasteiger charge is -2.24. The number of carbonyl (C=O) groups excluding carboxylic acids is 2. The molecule has 37 heavy (non-hydrogen) atoms. The monoisotopic (exact) mass is 523 g/mol. The van der Waals surface area contributed by atoms with Gasteiger partial charge in [-0.25, -0.2) is 18.7 Å². The van der Waals surface area contributed by atoms with Crippen molar-refractivity contribution in [2.75, 3.05) is 18.8 Å². The summed E-state index contributed by atoms with van der Waals surface area (Å²) >= 11 is 0. The molecule has 0 aliphatic carbocycles. The number of pyridine rings is 1. The highest BCUT2D eigenvalue weighted by atomic mass is 19.4. The predicted octanol–water partition coefficient (Wildman–Crippen LogP) is 3.39. The van der Waals surface area contributed by atoms with E-state index in [1.54, 1.807) is 20.8 Å². The lowest BCUT2D eigenvalue weighted by Crippen LogP contribution is -2.42. The number of fused-ring (bicyclic) bond motifs is 1. The molecule has 0 saturated carbocycles. The number of hydrogen-bond acceptors (Lipinski definition) is 7. The van der Waals surface area contributed by atoms with Crippen LogP contribution in [-0.4, -0.2) is 67.4 Å². The summed E-state index contributed by atoms with van der Waals surface area (Å²) in [5.41, 5.74) is 3.88. The molecule has 0 bridgehead atoms. The summed E-state index contributed by atoms with van der Waals surface area (Å²) in [6.45, 7) is 6.22. The number of amides is 2. The number of hydrogen-bond donors (Lipinski definition) is 2. The molecule has 0 unspecified atom stereocenters. The minimum Gasteiger partial charge on any atom is -0.444 e. The van der Waals surface area contributed by atoms with Crippen molar-refractivity contribution in [3.63, 3.8) is 0 Å². The molecule has 198 valence electrons. The Balaban J connectivity index is 1.62. The molecule has 10 nitrogen and oxygen atoms in total. The van der Waals surface area contributed by atoms with Crippen LogP contribution in [0.4, 0.5) is 28.2 Å². The summed E-state index contributed by atoms with van der Waals surface area (Å²) in [4.78, 5) is 34.3. The van der Waals surface area contributed by atoms with E-state index in [1.807, 2.05) is 0 Å². The second-order valence-corrected chi connectivity index (χ2v) is 9.68. The summed E-state index contributed by atoms with van der Waals surface area (Å²) in [5.74, 6) is -1.06. The zero-order valence-corrected chi connectivity index (χ0v) is 20.4. The first-order valence-electron chi connectivity index (χ1n) is 11.2. The fraction of sp³-hybridized carbons (Fsp3) is 0.435. The van der Waals surface area contributed by atoms with Crippen molar-refractivity contribution in [1.29, 1.82) is 0 Å². The third-order valence-electron chi connectivity index (χ3n) is 5.73. The van der Waals surface area contributed by atoms with Crippen molar-refractivity contribution in [3.05, 3.63) is 41.5 Å². The average Bonchev–Trinajstić information content (AvgIpc) is 3.35. The van der Waals surface area contributed by atoms with Crippen LogP contribution in [-0.2, 0) is 10.9 Å². The molecule has 0 radical (unpaired) electrons. The van der Waals surface area contributed by atoms with E-state index >= 15 is 0 Å². The first-order chi connectivity index (χ1) is 17.2. The van der Waals surface area contributed by atoms with Gasteiger partial charge >= 0.3 is 12.3 Å². The Morgan fingerprint density at radius 1 is 1.16 bits per heavy atom. The first-order valence-corrected chi connectivity index (χ1v) is 11.2. The van der Waals surface area contributed by atoms with Gasteiger partial charge in [0.1, 0.15) is 23.6 Å². The van der Waals surface area contributed by atoms with E-state index in [0.29, 0.717) is 0 Å². The van der Waals surface area contributed by atoms with Gasteiger partial charge in [0, 0.05) is 18.3 Å². The molecule has 2 amide bonds. The van der Waals surface area contributed by atoms with Gasteiger partial charge in [0.25, 0.3) is 5.91 Å². The minimum atomic E-state index is -4.74. The molecule has 2 atom stereocenters. The lowest BCUT2D eigenvalue weighted by molar-refractivity contribution is -0.136. The number of rotatable bonds is 3. The second kappa shape index (κ2) is 9.16. The van der Waals surface area contributed by atoms with Gasteiger partial charge < -0.3 is 20.7 Å². The number of halogens is 4. The third kappa shape index (κ3) is 5.27. The van der Waals surface area contributed by atoms with E-state index < -0.39 is 47.1 Å². The Hall–Kier alpha value is -3.97. The molecule has 4 rings (SSSR count). The number of aryl methyl sites for hydroxylation is 1. The van der Waals surface area contributed by atoms with Crippen LogP contribution in [0.5, 0.6) is 0 Å². The van der Waals surface area contributed by atoms with E-state index in [4.69, 9.17) is 10.5 Å². The van der Waals surface area contributed by atoms with Crippen LogP contribution in [0.3, 0.4) is 0 Å². The summed E-state index contributed by atoms with van der Waals surface area (Å²) in [6.07, 6.45) is -4.67. The highest BCUT2D eigenvalue weighted by Gasteiger charge is 2.39. The smallest absolute Gasteiger partial charge is 0.418 e. The molecule has 3 aromatic rings. The molecule has 1 aliphatic rings. The van der Waals surface area contributed by atoms with E-state index in [9.17, 15) is 27.2 Å². The van der Waals surface area contributed by atoms with Crippen LogP contribution in [0, 0.1) is 6.92 Å². The molecule has 4 heterocycles. The summed E-state index contributed by atoms with van der Waals surface area (Å²) in [6, 6.07) is 1.18. The molecular formula is C23H25F4N7O3. The highest BCUT2D eigenvalue weighted by Crippen LogP contribution is 2.38. The van der Waals surface area contributed by atoms with Gasteiger partial charge in [0.2, 0.25) is 0 Å². The van der Waals surface area contributed by atoms with E-state index in [2.05, 4.69) is 20.4 Å². The molecule has 0 aromatic carbocycles.